The quantitative estimate of drug-likeness (QED) is 0.238. The molecule has 0 rings (SSSR count). The first-order valence-corrected chi connectivity index (χ1v) is 10.6. The number of phosphoric acid groups is 1. The monoisotopic (exact) mass is 336 g/mol. The Balaban J connectivity index is 3.93. The van der Waals surface area contributed by atoms with Crippen LogP contribution in [0, 0.1) is 0 Å². The third-order valence-corrected chi connectivity index (χ3v) is 5.01. The summed E-state index contributed by atoms with van der Waals surface area (Å²) in [4.78, 5) is 0. The van der Waals surface area contributed by atoms with Crippen molar-refractivity contribution in [1.82, 2.24) is 0 Å². The van der Waals surface area contributed by atoms with Gasteiger partial charge in [-0.2, -0.15) is 0 Å². The molecule has 0 aromatic rings. The molecule has 0 heterocycles. The summed E-state index contributed by atoms with van der Waals surface area (Å²) in [5.41, 5.74) is 0. The van der Waals surface area contributed by atoms with Crippen LogP contribution in [0.25, 0.3) is 0 Å². The van der Waals surface area contributed by atoms with Gasteiger partial charge in [0.15, 0.2) is 0 Å². The second-order valence-corrected chi connectivity index (χ2v) is 7.72. The Kier molecular flexibility index (Phi) is 14.8. The second-order valence-electron chi connectivity index (χ2n) is 6.10. The molecule has 0 spiro atoms. The predicted molar refractivity (Wildman–Crippen MR) is 93.2 cm³/mol. The first-order chi connectivity index (χ1) is 10.5. The first-order valence-electron chi connectivity index (χ1n) is 9.11. The SMILES string of the molecule is CCCCCCCOP(=O)(OCCCCCCC)OC(C)C. The maximum Gasteiger partial charge on any atom is 0.475 e. The van der Waals surface area contributed by atoms with Crippen molar-refractivity contribution in [2.45, 2.75) is 98.0 Å². The molecule has 0 aliphatic rings. The van der Waals surface area contributed by atoms with Crippen molar-refractivity contribution >= 4 is 7.82 Å². The summed E-state index contributed by atoms with van der Waals surface area (Å²) in [7, 11) is -3.39. The average molecular weight is 336 g/mol. The molecule has 0 aliphatic carbocycles. The predicted octanol–water partition coefficient (Wildman–Crippen LogP) is 6.49. The van der Waals surface area contributed by atoms with Crippen LogP contribution in [0.1, 0.15) is 91.9 Å². The minimum absolute atomic E-state index is 0.161. The van der Waals surface area contributed by atoms with Crippen LogP contribution < -0.4 is 0 Å². The van der Waals surface area contributed by atoms with Crippen LogP contribution in [0.4, 0.5) is 0 Å². The van der Waals surface area contributed by atoms with E-state index in [1.807, 2.05) is 13.8 Å². The molecular formula is C17H37O4P. The molecule has 0 saturated carbocycles. The lowest BCUT2D eigenvalue weighted by Crippen LogP contribution is -2.07. The summed E-state index contributed by atoms with van der Waals surface area (Å²) in [6.45, 7) is 8.97. The summed E-state index contributed by atoms with van der Waals surface area (Å²) in [6.07, 6.45) is 11.2. The number of phosphoric ester groups is 1. The van der Waals surface area contributed by atoms with E-state index < -0.39 is 7.82 Å². The molecular weight excluding hydrogens is 299 g/mol. The largest absolute Gasteiger partial charge is 0.475 e. The number of hydrogen-bond acceptors (Lipinski definition) is 4. The van der Waals surface area contributed by atoms with Gasteiger partial charge in [0.05, 0.1) is 19.3 Å². The topological polar surface area (TPSA) is 44.8 Å². The molecule has 0 aromatic heterocycles. The molecule has 0 saturated heterocycles. The summed E-state index contributed by atoms with van der Waals surface area (Å²) < 4.78 is 28.9. The van der Waals surface area contributed by atoms with Crippen LogP contribution in [0.3, 0.4) is 0 Å². The van der Waals surface area contributed by atoms with Gasteiger partial charge in [0.2, 0.25) is 0 Å². The Morgan fingerprint density at radius 2 is 1.14 bits per heavy atom. The van der Waals surface area contributed by atoms with Crippen molar-refractivity contribution in [2.75, 3.05) is 13.2 Å². The van der Waals surface area contributed by atoms with E-state index in [9.17, 15) is 4.57 Å². The highest BCUT2D eigenvalue weighted by atomic mass is 31.2. The molecule has 5 heteroatoms. The lowest BCUT2D eigenvalue weighted by atomic mass is 10.2. The van der Waals surface area contributed by atoms with Gasteiger partial charge in [0.25, 0.3) is 0 Å². The van der Waals surface area contributed by atoms with Crippen molar-refractivity contribution in [2.24, 2.45) is 0 Å². The molecule has 0 radical (unpaired) electrons. The van der Waals surface area contributed by atoms with E-state index in [1.165, 1.54) is 38.5 Å². The van der Waals surface area contributed by atoms with Gasteiger partial charge in [-0.1, -0.05) is 65.2 Å². The maximum atomic E-state index is 12.5. The van der Waals surface area contributed by atoms with Crippen molar-refractivity contribution in [1.29, 1.82) is 0 Å². The van der Waals surface area contributed by atoms with Gasteiger partial charge in [0, 0.05) is 0 Å². The number of hydrogen-bond donors (Lipinski definition) is 0. The standard InChI is InChI=1S/C17H37O4P/c1-5-7-9-11-13-15-19-22(18,21-17(3)4)20-16-14-12-10-8-6-2/h17H,5-16H2,1-4H3. The molecule has 0 amide bonds. The van der Waals surface area contributed by atoms with E-state index in [2.05, 4.69) is 13.8 Å². The third kappa shape index (κ3) is 13.8. The molecule has 0 unspecified atom stereocenters. The Hall–Kier alpha value is 0.110. The highest BCUT2D eigenvalue weighted by molar-refractivity contribution is 7.48. The Labute approximate surface area is 137 Å². The minimum Gasteiger partial charge on any atom is -0.287 e. The molecule has 0 aliphatic heterocycles. The fourth-order valence-electron chi connectivity index (χ4n) is 2.12. The van der Waals surface area contributed by atoms with E-state index in [1.54, 1.807) is 0 Å². The lowest BCUT2D eigenvalue weighted by Gasteiger charge is -2.20. The van der Waals surface area contributed by atoms with E-state index >= 15 is 0 Å². The van der Waals surface area contributed by atoms with Crippen LogP contribution in [-0.2, 0) is 18.1 Å². The summed E-state index contributed by atoms with van der Waals surface area (Å²) in [6, 6.07) is 0. The second kappa shape index (κ2) is 14.7. The van der Waals surface area contributed by atoms with Gasteiger partial charge in [0.1, 0.15) is 0 Å². The van der Waals surface area contributed by atoms with Gasteiger partial charge < -0.3 is 0 Å². The fourth-order valence-corrected chi connectivity index (χ4v) is 3.54. The smallest absolute Gasteiger partial charge is 0.287 e. The van der Waals surface area contributed by atoms with E-state index in [-0.39, 0.29) is 6.10 Å². The highest BCUT2D eigenvalue weighted by Crippen LogP contribution is 2.50. The van der Waals surface area contributed by atoms with E-state index in [0.29, 0.717) is 13.2 Å². The lowest BCUT2D eigenvalue weighted by molar-refractivity contribution is 0.0883. The third-order valence-electron chi connectivity index (χ3n) is 3.33. The van der Waals surface area contributed by atoms with Gasteiger partial charge >= 0.3 is 7.82 Å². The molecule has 0 bridgehead atoms. The van der Waals surface area contributed by atoms with Crippen molar-refractivity contribution in [3.63, 3.8) is 0 Å². The van der Waals surface area contributed by atoms with Crippen molar-refractivity contribution in [3.8, 4) is 0 Å². The fraction of sp³-hybridized carbons (Fsp3) is 1.00. The van der Waals surface area contributed by atoms with Crippen LogP contribution in [0.5, 0.6) is 0 Å². The summed E-state index contributed by atoms with van der Waals surface area (Å²) in [5, 5.41) is 0. The van der Waals surface area contributed by atoms with Gasteiger partial charge in [-0.05, 0) is 26.7 Å². The van der Waals surface area contributed by atoms with E-state index in [0.717, 1.165) is 25.7 Å². The van der Waals surface area contributed by atoms with Gasteiger partial charge in [-0.25, -0.2) is 4.57 Å². The first kappa shape index (κ1) is 22.1. The van der Waals surface area contributed by atoms with Crippen molar-refractivity contribution in [3.05, 3.63) is 0 Å². The van der Waals surface area contributed by atoms with Crippen LogP contribution in [0.15, 0.2) is 0 Å². The molecule has 0 aromatic carbocycles. The number of unbranched alkanes of at least 4 members (excludes halogenated alkanes) is 8. The minimum atomic E-state index is -3.39. The molecule has 0 fully saturated rings. The molecule has 4 nitrogen and oxygen atoms in total. The van der Waals surface area contributed by atoms with E-state index in [4.69, 9.17) is 13.6 Å². The summed E-state index contributed by atoms with van der Waals surface area (Å²) in [5.74, 6) is 0. The van der Waals surface area contributed by atoms with Crippen LogP contribution in [-0.4, -0.2) is 19.3 Å². The average Bonchev–Trinajstić information content (AvgIpc) is 2.46. The maximum absolute atomic E-state index is 12.5. The molecule has 134 valence electrons. The molecule has 0 atom stereocenters. The summed E-state index contributed by atoms with van der Waals surface area (Å²) >= 11 is 0. The van der Waals surface area contributed by atoms with Crippen molar-refractivity contribution < 1.29 is 18.1 Å². The molecule has 22 heavy (non-hydrogen) atoms. The normalized spacial score (nSPS) is 12.2. The van der Waals surface area contributed by atoms with Gasteiger partial charge in [-0.15, -0.1) is 0 Å². The number of rotatable bonds is 16. The van der Waals surface area contributed by atoms with Gasteiger partial charge in [-0.3, -0.25) is 13.6 Å². The zero-order valence-electron chi connectivity index (χ0n) is 15.1. The zero-order valence-corrected chi connectivity index (χ0v) is 16.0. The zero-order chi connectivity index (χ0) is 16.7. The van der Waals surface area contributed by atoms with Crippen LogP contribution in [0.2, 0.25) is 0 Å². The Bertz CT molecular complexity index is 262. The Morgan fingerprint density at radius 3 is 1.50 bits per heavy atom. The molecule has 0 N–H and O–H groups in total. The highest BCUT2D eigenvalue weighted by Gasteiger charge is 2.27. The van der Waals surface area contributed by atoms with Crippen LogP contribution >= 0.6 is 7.82 Å². The Morgan fingerprint density at radius 1 is 0.727 bits per heavy atom.